The molecule has 0 aliphatic carbocycles. The van der Waals surface area contributed by atoms with Crippen molar-refractivity contribution in [3.05, 3.63) is 58.3 Å². The van der Waals surface area contributed by atoms with Crippen LogP contribution >= 0.6 is 15.9 Å². The number of benzene rings is 1. The lowest BCUT2D eigenvalue weighted by molar-refractivity contribution is 0.0964. The SMILES string of the molecule is COc1ccc(C(=O)C(C)c2ccccn2)cc1Br. The minimum Gasteiger partial charge on any atom is -0.496 e. The second-order valence-corrected chi connectivity index (χ2v) is 5.04. The van der Waals surface area contributed by atoms with Gasteiger partial charge in [0.05, 0.1) is 23.2 Å². The summed E-state index contributed by atoms with van der Waals surface area (Å²) in [6.07, 6.45) is 1.70. The van der Waals surface area contributed by atoms with Gasteiger partial charge in [-0.25, -0.2) is 0 Å². The highest BCUT2D eigenvalue weighted by Crippen LogP contribution is 2.28. The Bertz CT molecular complexity index is 584. The fourth-order valence-corrected chi connectivity index (χ4v) is 2.38. The normalized spacial score (nSPS) is 11.9. The zero-order valence-corrected chi connectivity index (χ0v) is 12.3. The Balaban J connectivity index is 2.27. The number of ether oxygens (including phenoxy) is 1. The minimum atomic E-state index is -0.263. The van der Waals surface area contributed by atoms with E-state index < -0.39 is 0 Å². The van der Waals surface area contributed by atoms with E-state index >= 15 is 0 Å². The fourth-order valence-electron chi connectivity index (χ4n) is 1.84. The molecule has 19 heavy (non-hydrogen) atoms. The number of hydrogen-bond donors (Lipinski definition) is 0. The molecule has 2 rings (SSSR count). The third-order valence-electron chi connectivity index (χ3n) is 2.96. The molecule has 1 heterocycles. The van der Waals surface area contributed by atoms with Gasteiger partial charge in [-0.2, -0.15) is 0 Å². The van der Waals surface area contributed by atoms with E-state index in [2.05, 4.69) is 20.9 Å². The monoisotopic (exact) mass is 319 g/mol. The maximum atomic E-state index is 12.4. The molecule has 98 valence electrons. The first-order chi connectivity index (χ1) is 9.13. The van der Waals surface area contributed by atoms with Gasteiger partial charge in [-0.1, -0.05) is 6.07 Å². The molecule has 0 spiro atoms. The van der Waals surface area contributed by atoms with E-state index in [9.17, 15) is 4.79 Å². The zero-order chi connectivity index (χ0) is 13.8. The molecule has 0 radical (unpaired) electrons. The molecule has 0 saturated heterocycles. The Morgan fingerprint density at radius 3 is 2.68 bits per heavy atom. The summed E-state index contributed by atoms with van der Waals surface area (Å²) < 4.78 is 5.93. The van der Waals surface area contributed by atoms with Crippen molar-refractivity contribution in [2.45, 2.75) is 12.8 Å². The molecule has 1 aromatic carbocycles. The van der Waals surface area contributed by atoms with Gasteiger partial charge in [0.1, 0.15) is 5.75 Å². The predicted molar refractivity (Wildman–Crippen MR) is 77.7 cm³/mol. The number of Topliss-reactive ketones (excluding diaryl/α,β-unsaturated/α-hetero) is 1. The molecule has 3 nitrogen and oxygen atoms in total. The van der Waals surface area contributed by atoms with E-state index in [4.69, 9.17) is 4.74 Å². The summed E-state index contributed by atoms with van der Waals surface area (Å²) in [4.78, 5) is 16.6. The Hall–Kier alpha value is -1.68. The molecule has 0 N–H and O–H groups in total. The molecule has 0 amide bonds. The molecular formula is C15H14BrNO2. The van der Waals surface area contributed by atoms with Crippen LogP contribution in [0.2, 0.25) is 0 Å². The molecule has 1 atom stereocenters. The number of aromatic nitrogens is 1. The smallest absolute Gasteiger partial charge is 0.171 e. The average Bonchev–Trinajstić information content (AvgIpc) is 2.46. The molecule has 0 saturated carbocycles. The van der Waals surface area contributed by atoms with Gasteiger partial charge in [0, 0.05) is 11.8 Å². The van der Waals surface area contributed by atoms with Gasteiger partial charge < -0.3 is 4.74 Å². The van der Waals surface area contributed by atoms with Gasteiger partial charge in [-0.05, 0) is 53.2 Å². The maximum absolute atomic E-state index is 12.4. The van der Waals surface area contributed by atoms with Crippen molar-refractivity contribution in [3.8, 4) is 5.75 Å². The van der Waals surface area contributed by atoms with Crippen LogP contribution in [-0.4, -0.2) is 17.9 Å². The minimum absolute atomic E-state index is 0.0436. The molecule has 0 aliphatic rings. The standard InChI is InChI=1S/C15H14BrNO2/c1-10(13-5-3-4-8-17-13)15(18)11-6-7-14(19-2)12(16)9-11/h3-10H,1-2H3. The first kappa shape index (κ1) is 13.7. The van der Waals surface area contributed by atoms with Crippen molar-refractivity contribution < 1.29 is 9.53 Å². The fraction of sp³-hybridized carbons (Fsp3) is 0.200. The summed E-state index contributed by atoms with van der Waals surface area (Å²) >= 11 is 3.39. The summed E-state index contributed by atoms with van der Waals surface area (Å²) in [5.41, 5.74) is 1.42. The van der Waals surface area contributed by atoms with Crippen LogP contribution in [0.5, 0.6) is 5.75 Å². The number of pyridine rings is 1. The highest BCUT2D eigenvalue weighted by Gasteiger charge is 2.19. The topological polar surface area (TPSA) is 39.2 Å². The van der Waals surface area contributed by atoms with E-state index in [1.807, 2.05) is 25.1 Å². The van der Waals surface area contributed by atoms with Crippen molar-refractivity contribution in [1.29, 1.82) is 0 Å². The quantitative estimate of drug-likeness (QED) is 0.804. The van der Waals surface area contributed by atoms with Gasteiger partial charge in [0.2, 0.25) is 0 Å². The van der Waals surface area contributed by atoms with Crippen LogP contribution in [0.25, 0.3) is 0 Å². The van der Waals surface area contributed by atoms with Crippen LogP contribution in [0.3, 0.4) is 0 Å². The van der Waals surface area contributed by atoms with Crippen molar-refractivity contribution in [1.82, 2.24) is 4.98 Å². The molecule has 0 aliphatic heterocycles. The van der Waals surface area contributed by atoms with Crippen LogP contribution in [-0.2, 0) is 0 Å². The Morgan fingerprint density at radius 2 is 2.11 bits per heavy atom. The highest BCUT2D eigenvalue weighted by molar-refractivity contribution is 9.10. The van der Waals surface area contributed by atoms with Crippen LogP contribution in [0.15, 0.2) is 47.1 Å². The summed E-state index contributed by atoms with van der Waals surface area (Å²) in [5.74, 6) is 0.491. The third kappa shape index (κ3) is 3.01. The molecular weight excluding hydrogens is 306 g/mol. The number of methoxy groups -OCH3 is 1. The highest BCUT2D eigenvalue weighted by atomic mass is 79.9. The Labute approximate surface area is 120 Å². The lowest BCUT2D eigenvalue weighted by atomic mass is 9.96. The van der Waals surface area contributed by atoms with E-state index in [0.717, 1.165) is 10.2 Å². The lowest BCUT2D eigenvalue weighted by Crippen LogP contribution is -2.11. The molecule has 1 unspecified atom stereocenters. The lowest BCUT2D eigenvalue weighted by Gasteiger charge is -2.11. The summed E-state index contributed by atoms with van der Waals surface area (Å²) in [6.45, 7) is 1.86. The summed E-state index contributed by atoms with van der Waals surface area (Å²) in [7, 11) is 1.60. The largest absolute Gasteiger partial charge is 0.496 e. The number of nitrogens with zero attached hydrogens (tertiary/aromatic N) is 1. The van der Waals surface area contributed by atoms with Crippen molar-refractivity contribution in [2.75, 3.05) is 7.11 Å². The number of rotatable bonds is 4. The number of hydrogen-bond acceptors (Lipinski definition) is 3. The molecule has 4 heteroatoms. The average molecular weight is 320 g/mol. The Morgan fingerprint density at radius 1 is 1.32 bits per heavy atom. The summed E-state index contributed by atoms with van der Waals surface area (Å²) in [5, 5.41) is 0. The number of carbonyl (C=O) groups excluding carboxylic acids is 1. The second kappa shape index (κ2) is 5.97. The van der Waals surface area contributed by atoms with E-state index in [0.29, 0.717) is 11.3 Å². The van der Waals surface area contributed by atoms with Crippen molar-refractivity contribution >= 4 is 21.7 Å². The van der Waals surface area contributed by atoms with E-state index in [-0.39, 0.29) is 11.7 Å². The molecule has 0 bridgehead atoms. The van der Waals surface area contributed by atoms with Crippen LogP contribution < -0.4 is 4.74 Å². The maximum Gasteiger partial charge on any atom is 0.171 e. The third-order valence-corrected chi connectivity index (χ3v) is 3.58. The summed E-state index contributed by atoms with van der Waals surface area (Å²) in [6, 6.07) is 10.9. The van der Waals surface area contributed by atoms with Gasteiger partial charge in [-0.3, -0.25) is 9.78 Å². The van der Waals surface area contributed by atoms with Gasteiger partial charge >= 0.3 is 0 Å². The number of halogens is 1. The Kier molecular flexibility index (Phi) is 4.32. The first-order valence-corrected chi connectivity index (χ1v) is 6.71. The number of ketones is 1. The first-order valence-electron chi connectivity index (χ1n) is 5.92. The van der Waals surface area contributed by atoms with Crippen molar-refractivity contribution in [3.63, 3.8) is 0 Å². The second-order valence-electron chi connectivity index (χ2n) is 4.19. The van der Waals surface area contributed by atoms with Gasteiger partial charge in [0.25, 0.3) is 0 Å². The number of carbonyl (C=O) groups is 1. The van der Waals surface area contributed by atoms with E-state index in [1.165, 1.54) is 0 Å². The molecule has 2 aromatic rings. The van der Waals surface area contributed by atoms with Gasteiger partial charge in [0.15, 0.2) is 5.78 Å². The molecule has 1 aromatic heterocycles. The van der Waals surface area contributed by atoms with Crippen molar-refractivity contribution in [2.24, 2.45) is 0 Å². The van der Waals surface area contributed by atoms with Crippen LogP contribution in [0.4, 0.5) is 0 Å². The zero-order valence-electron chi connectivity index (χ0n) is 10.8. The van der Waals surface area contributed by atoms with Crippen LogP contribution in [0, 0.1) is 0 Å². The van der Waals surface area contributed by atoms with Gasteiger partial charge in [-0.15, -0.1) is 0 Å². The predicted octanol–water partition coefficient (Wildman–Crippen LogP) is 3.84. The van der Waals surface area contributed by atoms with Crippen LogP contribution in [0.1, 0.15) is 28.9 Å². The molecule has 0 fully saturated rings. The van der Waals surface area contributed by atoms with E-state index in [1.54, 1.807) is 31.5 Å².